The van der Waals surface area contributed by atoms with Gasteiger partial charge in [-0.3, -0.25) is 14.4 Å². The number of carbonyl (C=O) groups excluding carboxylic acids is 3. The SMILES string of the molecule is CC1(C)CC(=O)C2=C(C1)N(Cc1ccccc1)C1=C(C(=O)CC(C)(C)C1)C2c1ccccc1OCC(=O)Nc1ccc(Cl)cc1. The standard InChI is InChI=1S/C38H39ClN2O4/c1-37(2)18-28-35(30(42)20-37)34(27-12-8-9-13-32(27)45-23-33(44)40-26-16-14-25(39)15-17-26)36-29(19-38(3,4)21-31(36)43)41(28)22-24-10-6-5-7-11-24/h5-17,34H,18-23H2,1-4H3,(H,40,44). The largest absolute Gasteiger partial charge is 0.483 e. The van der Waals surface area contributed by atoms with Gasteiger partial charge in [0.1, 0.15) is 5.75 Å². The number of benzene rings is 3. The Bertz CT molecular complexity index is 1670. The predicted octanol–water partition coefficient (Wildman–Crippen LogP) is 8.24. The van der Waals surface area contributed by atoms with Gasteiger partial charge in [0.15, 0.2) is 18.2 Å². The molecule has 45 heavy (non-hydrogen) atoms. The summed E-state index contributed by atoms with van der Waals surface area (Å²) in [4.78, 5) is 43.6. The van der Waals surface area contributed by atoms with Crippen LogP contribution in [-0.2, 0) is 20.9 Å². The van der Waals surface area contributed by atoms with E-state index in [1.807, 2.05) is 42.5 Å². The average molecular weight is 623 g/mol. The molecule has 3 aromatic carbocycles. The van der Waals surface area contributed by atoms with Gasteiger partial charge in [0, 0.05) is 64.1 Å². The fourth-order valence-electron chi connectivity index (χ4n) is 7.04. The second-order valence-corrected chi connectivity index (χ2v) is 14.4. The Kier molecular flexibility index (Phi) is 8.21. The van der Waals surface area contributed by atoms with E-state index >= 15 is 0 Å². The van der Waals surface area contributed by atoms with Crippen molar-refractivity contribution < 1.29 is 19.1 Å². The molecular formula is C38H39ClN2O4. The summed E-state index contributed by atoms with van der Waals surface area (Å²) in [6, 6.07) is 24.6. The minimum Gasteiger partial charge on any atom is -0.483 e. The van der Waals surface area contributed by atoms with Crippen LogP contribution in [0.4, 0.5) is 5.69 Å². The quantitative estimate of drug-likeness (QED) is 0.287. The first-order valence-electron chi connectivity index (χ1n) is 15.5. The summed E-state index contributed by atoms with van der Waals surface area (Å²) in [5.41, 5.74) is 5.36. The number of para-hydroxylation sites is 1. The van der Waals surface area contributed by atoms with Crippen molar-refractivity contribution in [1.29, 1.82) is 0 Å². The van der Waals surface area contributed by atoms with Crippen molar-refractivity contribution in [2.24, 2.45) is 10.8 Å². The summed E-state index contributed by atoms with van der Waals surface area (Å²) in [5, 5.41) is 3.41. The van der Waals surface area contributed by atoms with E-state index in [-0.39, 0.29) is 34.9 Å². The molecule has 3 aliphatic rings. The van der Waals surface area contributed by atoms with Crippen LogP contribution in [0.2, 0.25) is 5.02 Å². The second kappa shape index (κ2) is 12.0. The molecule has 0 saturated heterocycles. The molecule has 1 amide bonds. The van der Waals surface area contributed by atoms with Crippen molar-refractivity contribution in [1.82, 2.24) is 4.90 Å². The van der Waals surface area contributed by atoms with Crippen LogP contribution in [0.3, 0.4) is 0 Å². The molecule has 0 bridgehead atoms. The lowest BCUT2D eigenvalue weighted by Gasteiger charge is -2.49. The summed E-state index contributed by atoms with van der Waals surface area (Å²) in [5.74, 6) is -0.285. The lowest BCUT2D eigenvalue weighted by Crippen LogP contribution is -2.44. The number of hydrogen-bond acceptors (Lipinski definition) is 5. The van der Waals surface area contributed by atoms with Crippen molar-refractivity contribution in [2.45, 2.75) is 65.8 Å². The lowest BCUT2D eigenvalue weighted by atomic mass is 9.63. The number of ether oxygens (including phenoxy) is 1. The zero-order valence-electron chi connectivity index (χ0n) is 26.3. The summed E-state index contributed by atoms with van der Waals surface area (Å²) in [6.45, 7) is 8.91. The van der Waals surface area contributed by atoms with Crippen LogP contribution < -0.4 is 10.1 Å². The van der Waals surface area contributed by atoms with E-state index in [2.05, 4.69) is 50.0 Å². The van der Waals surface area contributed by atoms with Crippen molar-refractivity contribution in [2.75, 3.05) is 11.9 Å². The fourth-order valence-corrected chi connectivity index (χ4v) is 7.17. The van der Waals surface area contributed by atoms with E-state index in [0.29, 0.717) is 47.0 Å². The van der Waals surface area contributed by atoms with Crippen molar-refractivity contribution in [3.8, 4) is 5.75 Å². The maximum Gasteiger partial charge on any atom is 0.262 e. The topological polar surface area (TPSA) is 75.7 Å². The third-order valence-corrected chi connectivity index (χ3v) is 9.17. The van der Waals surface area contributed by atoms with E-state index in [9.17, 15) is 14.4 Å². The van der Waals surface area contributed by atoms with Gasteiger partial charge in [0.2, 0.25) is 0 Å². The summed E-state index contributed by atoms with van der Waals surface area (Å²) in [7, 11) is 0. The third kappa shape index (κ3) is 6.48. The Morgan fingerprint density at radius 1 is 0.800 bits per heavy atom. The molecular weight excluding hydrogens is 584 g/mol. The highest BCUT2D eigenvalue weighted by molar-refractivity contribution is 6.30. The number of rotatable bonds is 7. The average Bonchev–Trinajstić information content (AvgIpc) is 2.97. The van der Waals surface area contributed by atoms with Crippen LogP contribution in [0.1, 0.15) is 70.4 Å². The van der Waals surface area contributed by atoms with Gasteiger partial charge in [-0.2, -0.15) is 0 Å². The molecule has 1 heterocycles. The molecule has 0 unspecified atom stereocenters. The van der Waals surface area contributed by atoms with Crippen LogP contribution in [0.15, 0.2) is 101 Å². The van der Waals surface area contributed by atoms with Crippen LogP contribution >= 0.6 is 11.6 Å². The molecule has 1 N–H and O–H groups in total. The van der Waals surface area contributed by atoms with Gasteiger partial charge in [-0.05, 0) is 59.6 Å². The van der Waals surface area contributed by atoms with Crippen molar-refractivity contribution in [3.05, 3.63) is 118 Å². The highest BCUT2D eigenvalue weighted by atomic mass is 35.5. The number of Topliss-reactive ketones (excluding diaryl/α,β-unsaturated/α-hetero) is 2. The van der Waals surface area contributed by atoms with Crippen molar-refractivity contribution in [3.63, 3.8) is 0 Å². The molecule has 6 rings (SSSR count). The number of hydrogen-bond donors (Lipinski definition) is 1. The van der Waals surface area contributed by atoms with E-state index in [0.717, 1.165) is 35.4 Å². The third-order valence-electron chi connectivity index (χ3n) is 8.92. The van der Waals surface area contributed by atoms with E-state index in [1.165, 1.54) is 0 Å². The van der Waals surface area contributed by atoms with Crippen LogP contribution in [0, 0.1) is 10.8 Å². The molecule has 6 nitrogen and oxygen atoms in total. The molecule has 2 aliphatic carbocycles. The van der Waals surface area contributed by atoms with Gasteiger partial charge in [-0.1, -0.05) is 87.8 Å². The number of anilines is 1. The Balaban J connectivity index is 1.44. The number of nitrogens with one attached hydrogen (secondary N) is 1. The number of nitrogens with zero attached hydrogens (tertiary/aromatic N) is 1. The Hall–Kier alpha value is -4.16. The van der Waals surface area contributed by atoms with Crippen LogP contribution in [-0.4, -0.2) is 29.0 Å². The first-order chi connectivity index (χ1) is 21.4. The van der Waals surface area contributed by atoms with Gasteiger partial charge in [-0.15, -0.1) is 0 Å². The first kappa shape index (κ1) is 30.8. The molecule has 0 spiro atoms. The van der Waals surface area contributed by atoms with Crippen molar-refractivity contribution >= 4 is 34.8 Å². The fraction of sp³-hybridized carbons (Fsp3) is 0.342. The number of halogens is 1. The normalized spacial score (nSPS) is 19.3. The van der Waals surface area contributed by atoms with Gasteiger partial charge < -0.3 is 15.0 Å². The van der Waals surface area contributed by atoms with E-state index in [4.69, 9.17) is 16.3 Å². The summed E-state index contributed by atoms with van der Waals surface area (Å²) in [6.07, 6.45) is 2.23. The van der Waals surface area contributed by atoms with Gasteiger partial charge in [-0.25, -0.2) is 0 Å². The van der Waals surface area contributed by atoms with Gasteiger partial charge in [0.05, 0.1) is 0 Å². The van der Waals surface area contributed by atoms with Crippen LogP contribution in [0.5, 0.6) is 5.75 Å². The monoisotopic (exact) mass is 622 g/mol. The number of carbonyl (C=O) groups is 3. The Morgan fingerprint density at radius 2 is 1.36 bits per heavy atom. The molecule has 0 radical (unpaired) electrons. The van der Waals surface area contributed by atoms with Gasteiger partial charge in [0.25, 0.3) is 5.91 Å². The molecule has 3 aromatic rings. The smallest absolute Gasteiger partial charge is 0.262 e. The lowest BCUT2D eigenvalue weighted by molar-refractivity contribution is -0.120. The minimum atomic E-state index is -0.565. The Morgan fingerprint density at radius 3 is 1.96 bits per heavy atom. The first-order valence-corrected chi connectivity index (χ1v) is 15.9. The summed E-state index contributed by atoms with van der Waals surface area (Å²) >= 11 is 5.98. The van der Waals surface area contributed by atoms with Crippen LogP contribution in [0.25, 0.3) is 0 Å². The molecule has 0 aromatic heterocycles. The molecule has 232 valence electrons. The Labute approximate surface area is 270 Å². The number of amides is 1. The molecule has 0 fully saturated rings. The molecule has 0 atom stereocenters. The molecule has 7 heteroatoms. The second-order valence-electron chi connectivity index (χ2n) is 14.0. The minimum absolute atomic E-state index is 0.0591. The molecule has 1 aliphatic heterocycles. The maximum absolute atomic E-state index is 14.2. The highest BCUT2D eigenvalue weighted by Crippen LogP contribution is 2.55. The maximum atomic E-state index is 14.2. The van der Waals surface area contributed by atoms with E-state index in [1.54, 1.807) is 24.3 Å². The predicted molar refractivity (Wildman–Crippen MR) is 177 cm³/mol. The van der Waals surface area contributed by atoms with Gasteiger partial charge >= 0.3 is 0 Å². The van der Waals surface area contributed by atoms with E-state index < -0.39 is 5.92 Å². The molecule has 0 saturated carbocycles. The zero-order valence-corrected chi connectivity index (χ0v) is 27.0. The zero-order chi connectivity index (χ0) is 31.9. The summed E-state index contributed by atoms with van der Waals surface area (Å²) < 4.78 is 6.16. The number of ketones is 2. The number of allylic oxidation sites excluding steroid dienone is 4. The highest BCUT2D eigenvalue weighted by Gasteiger charge is 2.49.